The minimum absolute atomic E-state index is 0.0382. The first-order valence-corrected chi connectivity index (χ1v) is 30.4. The van der Waals surface area contributed by atoms with Crippen LogP contribution in [0.25, 0.3) is 21.5 Å². The molecule has 8 rings (SSSR count). The van der Waals surface area contributed by atoms with Crippen molar-refractivity contribution >= 4 is 113 Å². The molecule has 4 aromatic rings. The number of aliphatic hydroxyl groups is 1. The Morgan fingerprint density at radius 3 is 1.77 bits per heavy atom. The van der Waals surface area contributed by atoms with Gasteiger partial charge in [-0.2, -0.15) is 46.7 Å². The van der Waals surface area contributed by atoms with Gasteiger partial charge < -0.3 is 19.6 Å². The highest BCUT2D eigenvalue weighted by Gasteiger charge is 2.51. The van der Waals surface area contributed by atoms with Gasteiger partial charge in [-0.05, 0) is 85.0 Å². The summed E-state index contributed by atoms with van der Waals surface area (Å²) in [6, 6.07) is 8.35. The van der Waals surface area contributed by atoms with Crippen LogP contribution in [-0.4, -0.2) is 141 Å². The molecule has 2 amide bonds. The maximum atomic E-state index is 14.6. The average molecular weight is 1170 g/mol. The van der Waals surface area contributed by atoms with Gasteiger partial charge in [0, 0.05) is 78.2 Å². The summed E-state index contributed by atoms with van der Waals surface area (Å²) in [4.78, 5) is 54.8. The van der Waals surface area contributed by atoms with E-state index in [9.17, 15) is 89.1 Å². The molecule has 4 aromatic carbocycles. The van der Waals surface area contributed by atoms with E-state index in [1.807, 2.05) is 0 Å². The number of imide groups is 1. The van der Waals surface area contributed by atoms with E-state index in [0.29, 0.717) is 17.2 Å². The molecule has 1 fully saturated rings. The largest absolute Gasteiger partial charge is 0.506 e. The number of aliphatic hydroxyl groups excluding tert-OH is 1. The summed E-state index contributed by atoms with van der Waals surface area (Å²) in [7, 11) is -23.9. The fraction of sp³-hybridized carbons (Fsp3) is 0.340. The zero-order chi connectivity index (χ0) is 56.9. The molecule has 1 aliphatic carbocycles. The van der Waals surface area contributed by atoms with Crippen molar-refractivity contribution in [2.24, 2.45) is 0 Å². The van der Waals surface area contributed by atoms with E-state index < -0.39 is 123 Å². The topological polar surface area (TPSA) is 388 Å². The fourth-order valence-corrected chi connectivity index (χ4v) is 13.7. The molecule has 412 valence electrons. The highest BCUT2D eigenvalue weighted by atomic mass is 32.2. The Morgan fingerprint density at radius 1 is 0.714 bits per heavy atom. The Bertz CT molecular complexity index is 4050. The standard InChI is InChI=1S/C47H47N3O22S5/c1-46(2)37(48(15-5-7-41(53)72-50-39(51)12-13-40(50)52)33-10-8-27-29(42(33)46)19-25(74(59,60)61)21-35(27)76(65,66)67)23-31-44(54)32(45(31)55)24-38-47(3,14-6-18-73(56,57)58)43-30-20-26(75(62,63)64)22-36(77(68,69)70)28(30)9-11-34(43)49(38)16-17-71-4/h8-11,19-24H,5-7,12-18H2,1-4H3,(H5-,54,55,56,57,58,59,60,61,62,63,64,65,66,67,68,69,70)/p+1. The number of fused-ring (bicyclic) bond motifs is 6. The van der Waals surface area contributed by atoms with Crippen LogP contribution < -0.4 is 4.90 Å². The Balaban J connectivity index is 1.30. The number of hydroxylamine groups is 2. The van der Waals surface area contributed by atoms with Crippen LogP contribution in [0.2, 0.25) is 0 Å². The minimum Gasteiger partial charge on any atom is -0.506 e. The molecule has 6 N–H and O–H groups in total. The molecule has 0 saturated carbocycles. The fourth-order valence-electron chi connectivity index (χ4n) is 10.5. The van der Waals surface area contributed by atoms with Gasteiger partial charge in [0.2, 0.25) is 11.5 Å². The van der Waals surface area contributed by atoms with E-state index in [0.717, 1.165) is 12.1 Å². The number of hydrogen-bond donors (Lipinski definition) is 6. The number of allylic oxidation sites excluding steroid dienone is 5. The van der Waals surface area contributed by atoms with Crippen molar-refractivity contribution in [3.05, 3.63) is 94.4 Å². The quantitative estimate of drug-likeness (QED) is 0.0354. The van der Waals surface area contributed by atoms with Gasteiger partial charge in [-0.25, -0.2) is 4.79 Å². The summed E-state index contributed by atoms with van der Waals surface area (Å²) >= 11 is 0. The number of Topliss-reactive ketones (excluding diaryl/α,β-unsaturated/α-hetero) is 1. The number of methoxy groups -OCH3 is 1. The van der Waals surface area contributed by atoms with Gasteiger partial charge in [-0.15, -0.1) is 5.06 Å². The second kappa shape index (κ2) is 19.5. The maximum absolute atomic E-state index is 14.6. The van der Waals surface area contributed by atoms with Gasteiger partial charge in [0.1, 0.15) is 22.2 Å². The number of carbonyl (C=O) groups excluding carboxylic acids is 4. The van der Waals surface area contributed by atoms with Crippen LogP contribution in [0, 0.1) is 0 Å². The SMILES string of the molecule is COCC[N+]1=C(/C=C2\C(=O)C(/C=C3/N(CCCC(=O)ON4C(=O)CCC4=O)c4ccc5c(S(=O)(=O)O)cc(S(=O)(=O)O)cc5c4C3(C)C)=C2O)C(C)(CCCS(=O)(=O)O)c2c1ccc1c(S(=O)(=O)O)cc(S(=O)(=O)O)cc21. The lowest BCUT2D eigenvalue weighted by Crippen LogP contribution is -2.35. The molecule has 3 aliphatic heterocycles. The van der Waals surface area contributed by atoms with E-state index in [2.05, 4.69) is 0 Å². The summed E-state index contributed by atoms with van der Waals surface area (Å²) in [6.07, 6.45) is 1.16. The number of nitrogens with zero attached hydrogens (tertiary/aromatic N) is 3. The summed E-state index contributed by atoms with van der Waals surface area (Å²) in [5.41, 5.74) is -2.62. The smallest absolute Gasteiger partial charge is 0.333 e. The molecular weight excluding hydrogens is 1120 g/mol. The normalized spacial score (nSPS) is 20.1. The van der Waals surface area contributed by atoms with Crippen molar-refractivity contribution in [3.8, 4) is 0 Å². The van der Waals surface area contributed by atoms with Gasteiger partial charge in [0.05, 0.1) is 32.1 Å². The number of anilines is 1. The molecule has 25 nitrogen and oxygen atoms in total. The minimum atomic E-state index is -5.21. The highest BCUT2D eigenvalue weighted by molar-refractivity contribution is 7.87. The first-order chi connectivity index (χ1) is 35.5. The average Bonchev–Trinajstić information content (AvgIpc) is 3.86. The predicted octanol–water partition coefficient (Wildman–Crippen LogP) is 4.04. The third-order valence-electron chi connectivity index (χ3n) is 13.9. The van der Waals surface area contributed by atoms with E-state index in [1.54, 1.807) is 23.3 Å². The van der Waals surface area contributed by atoms with Crippen LogP contribution in [0.15, 0.2) is 103 Å². The summed E-state index contributed by atoms with van der Waals surface area (Å²) < 4.78 is 183. The molecule has 4 aliphatic rings. The van der Waals surface area contributed by atoms with Crippen molar-refractivity contribution in [1.82, 2.24) is 5.06 Å². The van der Waals surface area contributed by atoms with Crippen molar-refractivity contribution in [2.75, 3.05) is 37.5 Å². The predicted molar refractivity (Wildman–Crippen MR) is 269 cm³/mol. The van der Waals surface area contributed by atoms with E-state index in [1.165, 1.54) is 50.5 Å². The van der Waals surface area contributed by atoms with Crippen molar-refractivity contribution in [3.63, 3.8) is 0 Å². The van der Waals surface area contributed by atoms with E-state index in [-0.39, 0.29) is 118 Å². The van der Waals surface area contributed by atoms with Gasteiger partial charge in [0.25, 0.3) is 62.4 Å². The molecule has 77 heavy (non-hydrogen) atoms. The van der Waals surface area contributed by atoms with Gasteiger partial charge in [-0.3, -0.25) is 37.1 Å². The van der Waals surface area contributed by atoms with Crippen LogP contribution >= 0.6 is 0 Å². The molecule has 0 bridgehead atoms. The van der Waals surface area contributed by atoms with Crippen LogP contribution in [0.5, 0.6) is 0 Å². The zero-order valence-corrected chi connectivity index (χ0v) is 45.0. The van der Waals surface area contributed by atoms with Crippen LogP contribution in [0.3, 0.4) is 0 Å². The Hall–Kier alpha value is -6.32. The molecule has 1 saturated heterocycles. The lowest BCUT2D eigenvalue weighted by atomic mass is 9.72. The first kappa shape index (κ1) is 56.9. The molecule has 0 aromatic heterocycles. The van der Waals surface area contributed by atoms with Crippen molar-refractivity contribution in [1.29, 1.82) is 0 Å². The lowest BCUT2D eigenvalue weighted by molar-refractivity contribution is -0.441. The number of ketones is 1. The lowest BCUT2D eigenvalue weighted by Gasteiger charge is -2.29. The number of ether oxygens (including phenoxy) is 1. The van der Waals surface area contributed by atoms with Gasteiger partial charge in [-0.1, -0.05) is 19.9 Å². The van der Waals surface area contributed by atoms with Crippen LogP contribution in [0.4, 0.5) is 11.4 Å². The number of hydrogen-bond acceptors (Lipinski definition) is 18. The molecule has 1 atom stereocenters. The summed E-state index contributed by atoms with van der Waals surface area (Å²) in [5.74, 6) is -4.69. The molecule has 0 spiro atoms. The Morgan fingerprint density at radius 2 is 1.26 bits per heavy atom. The maximum Gasteiger partial charge on any atom is 0.333 e. The third kappa shape index (κ3) is 10.5. The number of rotatable bonds is 18. The summed E-state index contributed by atoms with van der Waals surface area (Å²) in [6.45, 7) is 4.48. The van der Waals surface area contributed by atoms with Crippen molar-refractivity contribution < 1.29 is 103 Å². The number of amides is 2. The second-order valence-electron chi connectivity index (χ2n) is 19.2. The molecule has 0 radical (unpaired) electrons. The Labute approximate surface area is 440 Å². The monoisotopic (exact) mass is 1170 g/mol. The summed E-state index contributed by atoms with van der Waals surface area (Å²) in [5, 5.41) is 11.7. The third-order valence-corrected chi connectivity index (χ3v) is 18.2. The molecular formula is C47H48N3O22S5+. The number of carbonyl (C=O) groups is 4. The van der Waals surface area contributed by atoms with Crippen LogP contribution in [0.1, 0.15) is 70.4 Å². The highest BCUT2D eigenvalue weighted by Crippen LogP contribution is 2.54. The molecule has 30 heteroatoms. The zero-order valence-electron chi connectivity index (χ0n) is 40.9. The number of benzene rings is 4. The second-order valence-corrected chi connectivity index (χ2v) is 26.4. The Kier molecular flexibility index (Phi) is 14.4. The van der Waals surface area contributed by atoms with Gasteiger partial charge in [0.15, 0.2) is 12.3 Å². The molecule has 3 heterocycles. The first-order valence-electron chi connectivity index (χ1n) is 23.0. The van der Waals surface area contributed by atoms with Gasteiger partial charge >= 0.3 is 5.97 Å². The van der Waals surface area contributed by atoms with E-state index >= 15 is 0 Å². The van der Waals surface area contributed by atoms with Crippen molar-refractivity contribution in [2.45, 2.75) is 89.7 Å². The van der Waals surface area contributed by atoms with Crippen LogP contribution in [-0.2, 0) is 90.2 Å². The van der Waals surface area contributed by atoms with E-state index in [4.69, 9.17) is 9.57 Å². The molecule has 1 unspecified atom stereocenters.